The summed E-state index contributed by atoms with van der Waals surface area (Å²) in [6.07, 6.45) is 5.51. The highest BCUT2D eigenvalue weighted by molar-refractivity contribution is 5.41. The molecule has 1 aromatic carbocycles. The largest absolute Gasteiger partial charge is 0.490 e. The summed E-state index contributed by atoms with van der Waals surface area (Å²) < 4.78 is 11.7. The van der Waals surface area contributed by atoms with Crippen LogP contribution in [0.2, 0.25) is 0 Å². The minimum atomic E-state index is 0.407. The lowest BCUT2D eigenvalue weighted by Gasteiger charge is -2.39. The first-order valence-corrected chi connectivity index (χ1v) is 10.5. The van der Waals surface area contributed by atoms with Gasteiger partial charge in [0, 0.05) is 26.2 Å². The monoisotopic (exact) mass is 358 g/mol. The number of likely N-dealkylation sites (tertiary alicyclic amines) is 1. The zero-order valence-electron chi connectivity index (χ0n) is 16.5. The molecule has 3 fully saturated rings. The zero-order valence-corrected chi connectivity index (χ0v) is 16.5. The minimum absolute atomic E-state index is 0.407. The molecule has 0 N–H and O–H groups in total. The molecule has 4 nitrogen and oxygen atoms in total. The molecule has 144 valence electrons. The number of nitrogens with zero attached hydrogens (tertiary/aromatic N) is 2. The van der Waals surface area contributed by atoms with Gasteiger partial charge in [-0.2, -0.15) is 0 Å². The lowest BCUT2D eigenvalue weighted by molar-refractivity contribution is 0.000113. The van der Waals surface area contributed by atoms with Crippen molar-refractivity contribution < 1.29 is 9.47 Å². The normalized spacial score (nSPS) is 27.5. The van der Waals surface area contributed by atoms with Crippen LogP contribution in [0.3, 0.4) is 0 Å². The van der Waals surface area contributed by atoms with Crippen LogP contribution < -0.4 is 4.74 Å². The van der Waals surface area contributed by atoms with Gasteiger partial charge in [0.25, 0.3) is 0 Å². The Morgan fingerprint density at radius 2 is 1.62 bits per heavy atom. The Balaban J connectivity index is 1.27. The van der Waals surface area contributed by atoms with Crippen molar-refractivity contribution in [2.24, 2.45) is 5.92 Å². The minimum Gasteiger partial charge on any atom is -0.490 e. The fraction of sp³-hybridized carbons (Fsp3) is 0.727. The molecule has 0 amide bonds. The fourth-order valence-corrected chi connectivity index (χ4v) is 4.70. The smallest absolute Gasteiger partial charge is 0.120 e. The molecule has 4 rings (SSSR count). The van der Waals surface area contributed by atoms with E-state index in [9.17, 15) is 0 Å². The maximum absolute atomic E-state index is 6.30. The molecule has 3 aliphatic rings. The van der Waals surface area contributed by atoms with E-state index < -0.39 is 0 Å². The van der Waals surface area contributed by atoms with Gasteiger partial charge in [0.15, 0.2) is 0 Å². The van der Waals surface area contributed by atoms with E-state index in [1.807, 2.05) is 0 Å². The average Bonchev–Trinajstić information content (AvgIpc) is 3.10. The van der Waals surface area contributed by atoms with Crippen LogP contribution in [0.25, 0.3) is 0 Å². The van der Waals surface area contributed by atoms with Crippen LogP contribution >= 0.6 is 0 Å². The van der Waals surface area contributed by atoms with Crippen LogP contribution in [0.1, 0.15) is 42.4 Å². The molecule has 0 spiro atoms. The first kappa shape index (κ1) is 18.3. The van der Waals surface area contributed by atoms with Crippen LogP contribution in [0, 0.1) is 19.8 Å². The molecule has 2 saturated heterocycles. The van der Waals surface area contributed by atoms with Crippen molar-refractivity contribution in [3.05, 3.63) is 28.8 Å². The van der Waals surface area contributed by atoms with Crippen LogP contribution in [-0.4, -0.2) is 61.8 Å². The summed E-state index contributed by atoms with van der Waals surface area (Å²) in [5.41, 5.74) is 4.27. The topological polar surface area (TPSA) is 24.9 Å². The van der Waals surface area contributed by atoms with Gasteiger partial charge in [0.1, 0.15) is 5.75 Å². The summed E-state index contributed by atoms with van der Waals surface area (Å²) in [7, 11) is 0. The summed E-state index contributed by atoms with van der Waals surface area (Å²) in [5, 5.41) is 0. The molecule has 0 unspecified atom stereocenters. The summed E-state index contributed by atoms with van der Waals surface area (Å²) >= 11 is 0. The molecule has 0 bridgehead atoms. The van der Waals surface area contributed by atoms with Crippen LogP contribution in [0.15, 0.2) is 12.1 Å². The van der Waals surface area contributed by atoms with Crippen LogP contribution in [0.5, 0.6) is 5.75 Å². The Morgan fingerprint density at radius 3 is 2.27 bits per heavy atom. The molecule has 2 aliphatic heterocycles. The number of aryl methyl sites for hydroxylation is 2. The molecule has 1 saturated carbocycles. The molecule has 4 heteroatoms. The van der Waals surface area contributed by atoms with E-state index in [2.05, 4.69) is 35.8 Å². The molecule has 1 aromatic rings. The van der Waals surface area contributed by atoms with Gasteiger partial charge >= 0.3 is 0 Å². The molecule has 1 aliphatic carbocycles. The maximum Gasteiger partial charge on any atom is 0.120 e. The first-order valence-electron chi connectivity index (χ1n) is 10.5. The third-order valence-electron chi connectivity index (χ3n) is 6.37. The number of ether oxygens (including phenoxy) is 2. The zero-order chi connectivity index (χ0) is 17.9. The van der Waals surface area contributed by atoms with E-state index in [-0.39, 0.29) is 0 Å². The second-order valence-electron chi connectivity index (χ2n) is 8.51. The Bertz CT molecular complexity index is 577. The van der Waals surface area contributed by atoms with Crippen LogP contribution in [-0.2, 0) is 11.3 Å². The summed E-state index contributed by atoms with van der Waals surface area (Å²) in [6, 6.07) is 4.52. The Kier molecular flexibility index (Phi) is 5.82. The van der Waals surface area contributed by atoms with Gasteiger partial charge in [-0.25, -0.2) is 0 Å². The molecular weight excluding hydrogens is 324 g/mol. The second-order valence-corrected chi connectivity index (χ2v) is 8.51. The summed E-state index contributed by atoms with van der Waals surface area (Å²) in [6.45, 7) is 13.3. The van der Waals surface area contributed by atoms with Gasteiger partial charge in [0.2, 0.25) is 0 Å². The molecule has 26 heavy (non-hydrogen) atoms. The highest BCUT2D eigenvalue weighted by Gasteiger charge is 2.32. The van der Waals surface area contributed by atoms with E-state index >= 15 is 0 Å². The maximum atomic E-state index is 6.30. The SMILES string of the molecule is Cc1cc(O[C@H]2C[C@H](CN3CCOCC3)C2)cc(C)c1CN1CCCC1. The van der Waals surface area contributed by atoms with E-state index in [0.29, 0.717) is 6.10 Å². The first-order chi connectivity index (χ1) is 12.7. The van der Waals surface area contributed by atoms with Gasteiger partial charge in [-0.1, -0.05) is 0 Å². The molecule has 0 aromatic heterocycles. The van der Waals surface area contributed by atoms with Gasteiger partial charge in [0.05, 0.1) is 19.3 Å². The van der Waals surface area contributed by atoms with Gasteiger partial charge in [-0.05, 0) is 87.4 Å². The Labute approximate surface area is 158 Å². The molecule has 0 atom stereocenters. The number of benzene rings is 1. The van der Waals surface area contributed by atoms with E-state index in [1.54, 1.807) is 0 Å². The molecular formula is C22H34N2O2. The fourth-order valence-electron chi connectivity index (χ4n) is 4.70. The lowest BCUT2D eigenvalue weighted by atomic mass is 9.81. The highest BCUT2D eigenvalue weighted by atomic mass is 16.5. The van der Waals surface area contributed by atoms with E-state index in [1.165, 1.54) is 62.0 Å². The van der Waals surface area contributed by atoms with Gasteiger partial charge in [-0.3, -0.25) is 9.80 Å². The van der Waals surface area contributed by atoms with Crippen molar-refractivity contribution in [2.75, 3.05) is 45.9 Å². The van der Waals surface area contributed by atoms with Gasteiger partial charge in [-0.15, -0.1) is 0 Å². The second kappa shape index (κ2) is 8.28. The van der Waals surface area contributed by atoms with Crippen LogP contribution in [0.4, 0.5) is 0 Å². The van der Waals surface area contributed by atoms with Gasteiger partial charge < -0.3 is 9.47 Å². The summed E-state index contributed by atoms with van der Waals surface area (Å²) in [4.78, 5) is 5.13. The molecule has 0 radical (unpaired) electrons. The number of rotatable bonds is 6. The van der Waals surface area contributed by atoms with Crippen molar-refractivity contribution >= 4 is 0 Å². The standard InChI is InChI=1S/C22H34N2O2/c1-17-11-20(12-18(2)22(17)16-23-5-3-4-6-23)26-21-13-19(14-21)15-24-7-9-25-10-8-24/h11-12,19,21H,3-10,13-16H2,1-2H3/t19-,21-. The van der Waals surface area contributed by atoms with Crippen molar-refractivity contribution in [3.63, 3.8) is 0 Å². The Hall–Kier alpha value is -1.10. The molecule has 2 heterocycles. The number of hydrogen-bond donors (Lipinski definition) is 0. The van der Waals surface area contributed by atoms with Crippen molar-refractivity contribution in [1.29, 1.82) is 0 Å². The third kappa shape index (κ3) is 4.41. The third-order valence-corrected chi connectivity index (χ3v) is 6.37. The van der Waals surface area contributed by atoms with E-state index in [0.717, 1.165) is 44.5 Å². The average molecular weight is 359 g/mol. The number of hydrogen-bond acceptors (Lipinski definition) is 4. The highest BCUT2D eigenvalue weighted by Crippen LogP contribution is 2.33. The lowest BCUT2D eigenvalue weighted by Crippen LogP contribution is -2.45. The quantitative estimate of drug-likeness (QED) is 0.778. The Morgan fingerprint density at radius 1 is 0.962 bits per heavy atom. The predicted octanol–water partition coefficient (Wildman–Crippen LogP) is 3.39. The van der Waals surface area contributed by atoms with Crippen molar-refractivity contribution in [3.8, 4) is 5.75 Å². The predicted molar refractivity (Wildman–Crippen MR) is 105 cm³/mol. The van der Waals surface area contributed by atoms with Crippen molar-refractivity contribution in [1.82, 2.24) is 9.80 Å². The van der Waals surface area contributed by atoms with Crippen molar-refractivity contribution in [2.45, 2.75) is 52.2 Å². The summed E-state index contributed by atoms with van der Waals surface area (Å²) in [5.74, 6) is 1.87. The number of morpholine rings is 1. The van der Waals surface area contributed by atoms with E-state index in [4.69, 9.17) is 9.47 Å².